The van der Waals surface area contributed by atoms with Crippen LogP contribution in [0.15, 0.2) is 30.3 Å². The summed E-state index contributed by atoms with van der Waals surface area (Å²) in [5.74, 6) is 2.02. The number of anilines is 2. The van der Waals surface area contributed by atoms with Crippen molar-refractivity contribution in [1.29, 1.82) is 0 Å². The Morgan fingerprint density at radius 2 is 1.61 bits per heavy atom. The Balaban J connectivity index is 1.87. The van der Waals surface area contributed by atoms with Gasteiger partial charge in [-0.05, 0) is 26.7 Å². The Kier molecular flexibility index (Phi) is 5.05. The Morgan fingerprint density at radius 1 is 0.913 bits per heavy atom. The fraction of sp³-hybridized carbons (Fsp3) is 0.500. The van der Waals surface area contributed by atoms with Gasteiger partial charge >= 0.3 is 0 Å². The summed E-state index contributed by atoms with van der Waals surface area (Å²) in [7, 11) is 0. The summed E-state index contributed by atoms with van der Waals surface area (Å²) >= 11 is 0. The van der Waals surface area contributed by atoms with Gasteiger partial charge in [0.1, 0.15) is 0 Å². The van der Waals surface area contributed by atoms with Gasteiger partial charge in [0, 0.05) is 17.6 Å². The zero-order chi connectivity index (χ0) is 16.1. The minimum atomic E-state index is 0.281. The molecule has 1 aliphatic rings. The average molecular weight is 311 g/mol. The summed E-state index contributed by atoms with van der Waals surface area (Å²) in [5, 5.41) is 6.79. The van der Waals surface area contributed by atoms with Crippen LogP contribution in [0.4, 0.5) is 11.9 Å². The summed E-state index contributed by atoms with van der Waals surface area (Å²) in [4.78, 5) is 13.7. The van der Waals surface area contributed by atoms with Crippen molar-refractivity contribution < 1.29 is 0 Å². The molecule has 23 heavy (non-hydrogen) atoms. The maximum atomic E-state index is 4.63. The molecule has 122 valence electrons. The molecule has 0 radical (unpaired) electrons. The van der Waals surface area contributed by atoms with Gasteiger partial charge in [0.25, 0.3) is 0 Å². The van der Waals surface area contributed by atoms with Crippen LogP contribution < -0.4 is 10.6 Å². The summed E-state index contributed by atoms with van der Waals surface area (Å²) in [5.41, 5.74) is 1.01. The zero-order valence-corrected chi connectivity index (χ0v) is 13.9. The van der Waals surface area contributed by atoms with E-state index in [1.54, 1.807) is 0 Å². The van der Waals surface area contributed by atoms with Gasteiger partial charge in [-0.15, -0.1) is 0 Å². The minimum absolute atomic E-state index is 0.281. The molecule has 1 fully saturated rings. The van der Waals surface area contributed by atoms with E-state index in [0.717, 1.165) is 5.56 Å². The molecule has 5 nitrogen and oxygen atoms in total. The maximum Gasteiger partial charge on any atom is 0.228 e. The summed E-state index contributed by atoms with van der Waals surface area (Å²) < 4.78 is 0. The second kappa shape index (κ2) is 7.40. The number of hydrogen-bond donors (Lipinski definition) is 2. The predicted molar refractivity (Wildman–Crippen MR) is 94.5 cm³/mol. The lowest BCUT2D eigenvalue weighted by Gasteiger charge is -2.23. The number of nitrogens with zero attached hydrogens (tertiary/aromatic N) is 3. The first-order valence-electron chi connectivity index (χ1n) is 8.55. The van der Waals surface area contributed by atoms with Crippen LogP contribution in [0.5, 0.6) is 0 Å². The van der Waals surface area contributed by atoms with Gasteiger partial charge in [-0.25, -0.2) is 0 Å². The highest BCUT2D eigenvalue weighted by Gasteiger charge is 2.16. The first-order chi connectivity index (χ1) is 11.2. The monoisotopic (exact) mass is 311 g/mol. The molecule has 0 amide bonds. The average Bonchev–Trinajstić information content (AvgIpc) is 2.56. The van der Waals surface area contributed by atoms with E-state index in [1.807, 2.05) is 30.3 Å². The number of aromatic nitrogens is 3. The van der Waals surface area contributed by atoms with Gasteiger partial charge in [-0.2, -0.15) is 15.0 Å². The number of hydrogen-bond acceptors (Lipinski definition) is 5. The van der Waals surface area contributed by atoms with Crippen molar-refractivity contribution in [3.8, 4) is 11.4 Å². The van der Waals surface area contributed by atoms with Crippen LogP contribution in [0, 0.1) is 0 Å². The largest absolute Gasteiger partial charge is 0.352 e. The first-order valence-corrected chi connectivity index (χ1v) is 8.55. The van der Waals surface area contributed by atoms with Crippen LogP contribution in [0.1, 0.15) is 46.0 Å². The van der Waals surface area contributed by atoms with Gasteiger partial charge in [-0.1, -0.05) is 49.6 Å². The van der Waals surface area contributed by atoms with Crippen molar-refractivity contribution in [3.63, 3.8) is 0 Å². The Hall–Kier alpha value is -2.17. The van der Waals surface area contributed by atoms with Crippen LogP contribution in [0.3, 0.4) is 0 Å². The van der Waals surface area contributed by atoms with Crippen molar-refractivity contribution in [3.05, 3.63) is 30.3 Å². The van der Waals surface area contributed by atoms with E-state index in [0.29, 0.717) is 23.8 Å². The molecule has 0 bridgehead atoms. The molecule has 0 unspecified atom stereocenters. The van der Waals surface area contributed by atoms with Crippen molar-refractivity contribution in [2.45, 2.75) is 58.0 Å². The van der Waals surface area contributed by atoms with Gasteiger partial charge < -0.3 is 10.6 Å². The molecule has 0 saturated heterocycles. The normalized spacial score (nSPS) is 15.6. The van der Waals surface area contributed by atoms with E-state index in [-0.39, 0.29) is 6.04 Å². The summed E-state index contributed by atoms with van der Waals surface area (Å²) in [6.07, 6.45) is 6.29. The quantitative estimate of drug-likeness (QED) is 0.870. The van der Waals surface area contributed by atoms with Crippen LogP contribution in [0.25, 0.3) is 11.4 Å². The topological polar surface area (TPSA) is 62.7 Å². The van der Waals surface area contributed by atoms with Gasteiger partial charge in [0.05, 0.1) is 0 Å². The minimum Gasteiger partial charge on any atom is -0.352 e. The fourth-order valence-electron chi connectivity index (χ4n) is 2.91. The first kappa shape index (κ1) is 15.7. The second-order valence-corrected chi connectivity index (χ2v) is 6.45. The molecule has 1 aliphatic carbocycles. The molecule has 0 aliphatic heterocycles. The Morgan fingerprint density at radius 3 is 2.30 bits per heavy atom. The molecule has 5 heteroatoms. The van der Waals surface area contributed by atoms with Crippen molar-refractivity contribution in [1.82, 2.24) is 15.0 Å². The van der Waals surface area contributed by atoms with Gasteiger partial charge in [-0.3, -0.25) is 0 Å². The molecule has 1 aromatic carbocycles. The van der Waals surface area contributed by atoms with E-state index in [9.17, 15) is 0 Å². The smallest absolute Gasteiger partial charge is 0.228 e. The standard InChI is InChI=1S/C18H25N5/c1-13(2)19-17-21-16(14-9-5-3-6-10-14)22-18(23-17)20-15-11-7-4-8-12-15/h3,5-6,9-10,13,15H,4,7-8,11-12H2,1-2H3,(H2,19,20,21,22,23). The van der Waals surface area contributed by atoms with Crippen molar-refractivity contribution in [2.24, 2.45) is 0 Å². The molecule has 1 aromatic heterocycles. The third-order valence-corrected chi connectivity index (χ3v) is 4.02. The van der Waals surface area contributed by atoms with Crippen LogP contribution in [-0.4, -0.2) is 27.0 Å². The Labute approximate surface area is 138 Å². The molecular weight excluding hydrogens is 286 g/mol. The molecule has 2 N–H and O–H groups in total. The highest BCUT2D eigenvalue weighted by atomic mass is 15.2. The molecule has 0 atom stereocenters. The van der Waals surface area contributed by atoms with Crippen LogP contribution in [-0.2, 0) is 0 Å². The van der Waals surface area contributed by atoms with Gasteiger partial charge in [0.15, 0.2) is 5.82 Å². The van der Waals surface area contributed by atoms with E-state index in [1.165, 1.54) is 32.1 Å². The number of nitrogens with one attached hydrogen (secondary N) is 2. The van der Waals surface area contributed by atoms with E-state index in [4.69, 9.17) is 0 Å². The SMILES string of the molecule is CC(C)Nc1nc(NC2CCCCC2)nc(-c2ccccc2)n1. The molecule has 2 aromatic rings. The van der Waals surface area contributed by atoms with Crippen molar-refractivity contribution >= 4 is 11.9 Å². The molecule has 1 heterocycles. The summed E-state index contributed by atoms with van der Waals surface area (Å²) in [6.45, 7) is 4.17. The molecule has 0 spiro atoms. The molecule has 3 rings (SSSR count). The lowest BCUT2D eigenvalue weighted by atomic mass is 9.96. The predicted octanol–water partition coefficient (Wildman–Crippen LogP) is 4.10. The number of benzene rings is 1. The second-order valence-electron chi connectivity index (χ2n) is 6.45. The van der Waals surface area contributed by atoms with E-state index >= 15 is 0 Å². The summed E-state index contributed by atoms with van der Waals surface area (Å²) in [6, 6.07) is 10.8. The lowest BCUT2D eigenvalue weighted by Crippen LogP contribution is -2.24. The Bertz CT molecular complexity index is 621. The highest BCUT2D eigenvalue weighted by molar-refractivity contribution is 5.57. The fourth-order valence-corrected chi connectivity index (χ4v) is 2.91. The third-order valence-electron chi connectivity index (χ3n) is 4.02. The zero-order valence-electron chi connectivity index (χ0n) is 13.9. The molecular formula is C18H25N5. The lowest BCUT2D eigenvalue weighted by molar-refractivity contribution is 0.461. The van der Waals surface area contributed by atoms with Crippen LogP contribution >= 0.6 is 0 Å². The number of rotatable bonds is 5. The molecule has 1 saturated carbocycles. The highest BCUT2D eigenvalue weighted by Crippen LogP contribution is 2.22. The third kappa shape index (κ3) is 4.41. The van der Waals surface area contributed by atoms with Crippen molar-refractivity contribution in [2.75, 3.05) is 10.6 Å². The maximum absolute atomic E-state index is 4.63. The van der Waals surface area contributed by atoms with Gasteiger partial charge in [0.2, 0.25) is 11.9 Å². The van der Waals surface area contributed by atoms with Crippen LogP contribution in [0.2, 0.25) is 0 Å². The van der Waals surface area contributed by atoms with E-state index in [2.05, 4.69) is 39.4 Å². The van der Waals surface area contributed by atoms with E-state index < -0.39 is 0 Å².